The number of aryl methyl sites for hydroxylation is 1. The number of benzene rings is 1. The van der Waals surface area contributed by atoms with Crippen LogP contribution in [0.1, 0.15) is 68.3 Å². The van der Waals surface area contributed by atoms with Crippen molar-refractivity contribution >= 4 is 5.78 Å². The van der Waals surface area contributed by atoms with Crippen molar-refractivity contribution in [2.45, 2.75) is 64.9 Å². The molecule has 1 aliphatic heterocycles. The number of Topliss-reactive ketones (excluding diaryl/α,β-unsaturated/α-hetero) is 1. The lowest BCUT2D eigenvalue weighted by molar-refractivity contribution is 0.0286. The van der Waals surface area contributed by atoms with Gasteiger partial charge >= 0.3 is 0 Å². The average Bonchev–Trinajstić information content (AvgIpc) is 2.63. The number of hydrogen-bond acceptors (Lipinski definition) is 2. The first-order chi connectivity index (χ1) is 9.99. The highest BCUT2D eigenvalue weighted by Crippen LogP contribution is 2.43. The summed E-state index contributed by atoms with van der Waals surface area (Å²) in [6.45, 7) is 6.65. The van der Waals surface area contributed by atoms with Crippen LogP contribution in [-0.2, 0) is 0 Å². The molecule has 1 spiro atoms. The van der Waals surface area contributed by atoms with E-state index in [1.807, 2.05) is 25.1 Å². The van der Waals surface area contributed by atoms with Gasteiger partial charge in [-0.05, 0) is 56.6 Å². The van der Waals surface area contributed by atoms with Gasteiger partial charge in [0.25, 0.3) is 0 Å². The molecule has 1 aliphatic carbocycles. The molecule has 2 aliphatic rings. The highest BCUT2D eigenvalue weighted by atomic mass is 16.5. The third-order valence-electron chi connectivity index (χ3n) is 5.37. The lowest BCUT2D eigenvalue weighted by Gasteiger charge is -2.37. The molecule has 1 fully saturated rings. The fourth-order valence-electron chi connectivity index (χ4n) is 3.96. The molecule has 0 aromatic heterocycles. The van der Waals surface area contributed by atoms with Crippen LogP contribution in [0.4, 0.5) is 0 Å². The molecule has 0 bridgehead atoms. The van der Waals surface area contributed by atoms with Gasteiger partial charge in [-0.15, -0.1) is 0 Å². The number of ether oxygens (including phenoxy) is 1. The molecule has 0 saturated heterocycles. The molecule has 0 radical (unpaired) electrons. The zero-order valence-electron chi connectivity index (χ0n) is 13.4. The summed E-state index contributed by atoms with van der Waals surface area (Å²) in [5.41, 5.74) is 1.68. The molecule has 1 saturated carbocycles. The lowest BCUT2D eigenvalue weighted by Crippen LogP contribution is -2.41. The van der Waals surface area contributed by atoms with E-state index in [1.165, 1.54) is 19.3 Å². The molecule has 2 atom stereocenters. The Morgan fingerprint density at radius 2 is 2.05 bits per heavy atom. The second-order valence-corrected chi connectivity index (χ2v) is 7.32. The van der Waals surface area contributed by atoms with Gasteiger partial charge in [0.15, 0.2) is 5.78 Å². The third kappa shape index (κ3) is 2.86. The topological polar surface area (TPSA) is 26.3 Å². The molecule has 2 nitrogen and oxygen atoms in total. The Balaban J connectivity index is 1.84. The fourth-order valence-corrected chi connectivity index (χ4v) is 3.96. The maximum atomic E-state index is 12.6. The van der Waals surface area contributed by atoms with Crippen LogP contribution in [0.15, 0.2) is 18.2 Å². The van der Waals surface area contributed by atoms with Crippen molar-refractivity contribution in [3.63, 3.8) is 0 Å². The van der Waals surface area contributed by atoms with Gasteiger partial charge in [-0.1, -0.05) is 31.9 Å². The van der Waals surface area contributed by atoms with Crippen LogP contribution in [-0.4, -0.2) is 11.4 Å². The van der Waals surface area contributed by atoms with Crippen LogP contribution < -0.4 is 4.74 Å². The summed E-state index contributed by atoms with van der Waals surface area (Å²) < 4.78 is 6.37. The van der Waals surface area contributed by atoms with E-state index < -0.39 is 0 Å². The molecule has 1 aromatic carbocycles. The van der Waals surface area contributed by atoms with Gasteiger partial charge < -0.3 is 4.74 Å². The zero-order valence-corrected chi connectivity index (χ0v) is 13.4. The molecule has 0 amide bonds. The summed E-state index contributed by atoms with van der Waals surface area (Å²) in [5, 5.41) is 0. The van der Waals surface area contributed by atoms with Crippen molar-refractivity contribution in [1.29, 1.82) is 0 Å². The summed E-state index contributed by atoms with van der Waals surface area (Å²) in [5.74, 6) is 2.58. The number of carbonyl (C=O) groups excluding carboxylic acids is 1. The van der Waals surface area contributed by atoms with Crippen LogP contribution in [0.25, 0.3) is 0 Å². The fraction of sp³-hybridized carbons (Fsp3) is 0.632. The van der Waals surface area contributed by atoms with Gasteiger partial charge in [0.05, 0.1) is 12.0 Å². The first kappa shape index (κ1) is 14.6. The van der Waals surface area contributed by atoms with Gasteiger partial charge in [0.2, 0.25) is 0 Å². The minimum atomic E-state index is -0.233. The maximum Gasteiger partial charge on any atom is 0.170 e. The number of hydrogen-bond donors (Lipinski definition) is 0. The lowest BCUT2D eigenvalue weighted by atomic mass is 9.83. The van der Waals surface area contributed by atoms with Crippen LogP contribution >= 0.6 is 0 Å². The van der Waals surface area contributed by atoms with E-state index in [2.05, 4.69) is 13.8 Å². The molecule has 3 rings (SSSR count). The normalized spacial score (nSPS) is 29.1. The van der Waals surface area contributed by atoms with Crippen LogP contribution in [0, 0.1) is 18.8 Å². The van der Waals surface area contributed by atoms with Crippen LogP contribution in [0.2, 0.25) is 0 Å². The van der Waals surface area contributed by atoms with E-state index in [0.717, 1.165) is 41.6 Å². The highest BCUT2D eigenvalue weighted by molar-refractivity contribution is 6.00. The Morgan fingerprint density at radius 3 is 2.81 bits per heavy atom. The van der Waals surface area contributed by atoms with Gasteiger partial charge in [-0.2, -0.15) is 0 Å². The first-order valence-electron chi connectivity index (χ1n) is 8.32. The second-order valence-electron chi connectivity index (χ2n) is 7.32. The SMILES string of the molecule is Cc1ccc2c(c1)C(=O)CC1(CCCC(C(C)C)CC1)O2. The maximum absolute atomic E-state index is 12.6. The molecular formula is C19H26O2. The molecule has 2 unspecified atom stereocenters. The Hall–Kier alpha value is -1.31. The summed E-state index contributed by atoms with van der Waals surface area (Å²) in [6.07, 6.45) is 6.25. The molecule has 2 heteroatoms. The summed E-state index contributed by atoms with van der Waals surface area (Å²) in [4.78, 5) is 12.6. The Labute approximate surface area is 127 Å². The van der Waals surface area contributed by atoms with E-state index in [-0.39, 0.29) is 11.4 Å². The number of fused-ring (bicyclic) bond motifs is 1. The average molecular weight is 286 g/mol. The molecule has 0 N–H and O–H groups in total. The highest BCUT2D eigenvalue weighted by Gasteiger charge is 2.41. The number of ketones is 1. The summed E-state index contributed by atoms with van der Waals surface area (Å²) >= 11 is 0. The van der Waals surface area contributed by atoms with Gasteiger partial charge in [0, 0.05) is 0 Å². The predicted octanol–water partition coefficient (Wildman–Crippen LogP) is 4.94. The third-order valence-corrected chi connectivity index (χ3v) is 5.37. The predicted molar refractivity (Wildman–Crippen MR) is 84.9 cm³/mol. The Morgan fingerprint density at radius 1 is 1.24 bits per heavy atom. The van der Waals surface area contributed by atoms with Crippen LogP contribution in [0.5, 0.6) is 5.75 Å². The van der Waals surface area contributed by atoms with Crippen molar-refractivity contribution in [2.24, 2.45) is 11.8 Å². The standard InChI is InChI=1S/C19H26O2/c1-13(2)15-5-4-9-19(10-8-15)12-17(20)16-11-14(3)6-7-18(16)21-19/h6-7,11,13,15H,4-5,8-10,12H2,1-3H3. The van der Waals surface area contributed by atoms with E-state index in [1.54, 1.807) is 0 Å². The minimum absolute atomic E-state index is 0.233. The first-order valence-corrected chi connectivity index (χ1v) is 8.32. The van der Waals surface area contributed by atoms with Gasteiger partial charge in [-0.3, -0.25) is 4.79 Å². The van der Waals surface area contributed by atoms with E-state index in [0.29, 0.717) is 6.42 Å². The van der Waals surface area contributed by atoms with E-state index in [4.69, 9.17) is 4.74 Å². The minimum Gasteiger partial charge on any atom is -0.486 e. The van der Waals surface area contributed by atoms with Gasteiger partial charge in [-0.25, -0.2) is 0 Å². The summed E-state index contributed by atoms with van der Waals surface area (Å²) in [6, 6.07) is 5.99. The van der Waals surface area contributed by atoms with E-state index in [9.17, 15) is 4.79 Å². The van der Waals surface area contributed by atoms with Crippen molar-refractivity contribution in [3.8, 4) is 5.75 Å². The smallest absolute Gasteiger partial charge is 0.170 e. The molecule has 114 valence electrons. The Kier molecular flexibility index (Phi) is 3.81. The second kappa shape index (κ2) is 5.47. The molecule has 1 heterocycles. The number of carbonyl (C=O) groups is 1. The molecule has 1 aromatic rings. The monoisotopic (exact) mass is 286 g/mol. The van der Waals surface area contributed by atoms with Crippen molar-refractivity contribution < 1.29 is 9.53 Å². The van der Waals surface area contributed by atoms with E-state index >= 15 is 0 Å². The van der Waals surface area contributed by atoms with Crippen molar-refractivity contribution in [1.82, 2.24) is 0 Å². The number of rotatable bonds is 1. The zero-order chi connectivity index (χ0) is 15.0. The quantitative estimate of drug-likeness (QED) is 0.731. The molecule has 21 heavy (non-hydrogen) atoms. The van der Waals surface area contributed by atoms with Crippen molar-refractivity contribution in [2.75, 3.05) is 0 Å². The van der Waals surface area contributed by atoms with Gasteiger partial charge in [0.1, 0.15) is 11.4 Å². The van der Waals surface area contributed by atoms with Crippen LogP contribution in [0.3, 0.4) is 0 Å². The summed E-state index contributed by atoms with van der Waals surface area (Å²) in [7, 11) is 0. The molecular weight excluding hydrogens is 260 g/mol. The van der Waals surface area contributed by atoms with Crippen molar-refractivity contribution in [3.05, 3.63) is 29.3 Å². The largest absolute Gasteiger partial charge is 0.486 e. The Bertz CT molecular complexity index is 546.